The number of halogens is 4. The quantitative estimate of drug-likeness (QED) is 0.258. The van der Waals surface area contributed by atoms with E-state index in [9.17, 15) is 26.0 Å². The molecule has 1 aromatic heterocycles. The Morgan fingerprint density at radius 2 is 1.69 bits per heavy atom. The summed E-state index contributed by atoms with van der Waals surface area (Å²) in [6.45, 7) is 1.89. The molecule has 0 bridgehead atoms. The average molecular weight is 505 g/mol. The first-order valence-electron chi connectivity index (χ1n) is 10.7. The predicted octanol–water partition coefficient (Wildman–Crippen LogP) is 6.82. The van der Waals surface area contributed by atoms with Gasteiger partial charge < -0.3 is 4.74 Å². The largest absolute Gasteiger partial charge is 0.457 e. The molecule has 0 unspecified atom stereocenters. The molecule has 4 rings (SSSR count). The summed E-state index contributed by atoms with van der Waals surface area (Å²) >= 11 is 0. The van der Waals surface area contributed by atoms with Crippen molar-refractivity contribution >= 4 is 20.7 Å². The Hall–Kier alpha value is -3.53. The monoisotopic (exact) mass is 504 g/mol. The Kier molecular flexibility index (Phi) is 6.75. The molecule has 0 aliphatic heterocycles. The molecule has 0 fully saturated rings. The van der Waals surface area contributed by atoms with Crippen molar-refractivity contribution in [3.63, 3.8) is 0 Å². The number of ether oxygens (including phenoxy) is 1. The minimum absolute atomic E-state index is 0.00828. The summed E-state index contributed by atoms with van der Waals surface area (Å²) in [5.74, 6) is -0.338. The van der Waals surface area contributed by atoms with Crippen molar-refractivity contribution in [2.45, 2.75) is 30.8 Å². The van der Waals surface area contributed by atoms with Gasteiger partial charge >= 0.3 is 6.18 Å². The number of fused-ring (bicyclic) bond motifs is 1. The van der Waals surface area contributed by atoms with Gasteiger partial charge in [-0.15, -0.1) is 0 Å². The highest BCUT2D eigenvalue weighted by Gasteiger charge is 2.33. The minimum atomic E-state index is -4.64. The molecule has 0 N–H and O–H groups in total. The van der Waals surface area contributed by atoms with E-state index in [1.807, 2.05) is 6.92 Å². The molecule has 5 nitrogen and oxygen atoms in total. The summed E-state index contributed by atoms with van der Waals surface area (Å²) in [6, 6.07) is 13.2. The van der Waals surface area contributed by atoms with Crippen LogP contribution in [0.2, 0.25) is 0 Å². The third-order valence-corrected chi connectivity index (χ3v) is 7.13. The highest BCUT2D eigenvalue weighted by atomic mass is 32.2. The third kappa shape index (κ3) is 5.27. The zero-order valence-electron chi connectivity index (χ0n) is 18.5. The fourth-order valence-corrected chi connectivity index (χ4v) is 5.09. The molecule has 0 atom stereocenters. The van der Waals surface area contributed by atoms with Gasteiger partial charge in [-0.3, -0.25) is 0 Å². The number of hydrogen-bond acceptors (Lipinski definition) is 5. The molecule has 10 heteroatoms. The SMILES string of the molecule is CCCCS(=O)(=O)c1cccc(Oc2ccc(F)c(-c3ncnc4c(C(F)(F)F)cccc34)c2)c1. The lowest BCUT2D eigenvalue weighted by Gasteiger charge is -2.13. The maximum Gasteiger partial charge on any atom is 0.418 e. The number of benzene rings is 3. The van der Waals surface area contributed by atoms with E-state index in [0.29, 0.717) is 6.42 Å². The van der Waals surface area contributed by atoms with Gasteiger partial charge in [0.1, 0.15) is 23.6 Å². The van der Waals surface area contributed by atoms with E-state index in [0.717, 1.165) is 24.9 Å². The lowest BCUT2D eigenvalue weighted by molar-refractivity contribution is -0.136. The molecule has 0 spiro atoms. The molecule has 182 valence electrons. The Morgan fingerprint density at radius 3 is 2.43 bits per heavy atom. The second kappa shape index (κ2) is 9.61. The van der Waals surface area contributed by atoms with E-state index >= 15 is 0 Å². The molecular weight excluding hydrogens is 484 g/mol. The third-order valence-electron chi connectivity index (χ3n) is 5.33. The number of alkyl halides is 3. The second-order valence-electron chi connectivity index (χ2n) is 7.81. The molecule has 0 saturated heterocycles. The fraction of sp³-hybridized carbons (Fsp3) is 0.200. The fourth-order valence-electron chi connectivity index (χ4n) is 3.60. The van der Waals surface area contributed by atoms with E-state index < -0.39 is 27.4 Å². The minimum Gasteiger partial charge on any atom is -0.457 e. The van der Waals surface area contributed by atoms with Crippen LogP contribution in [0.5, 0.6) is 11.5 Å². The first-order valence-corrected chi connectivity index (χ1v) is 12.4. The average Bonchev–Trinajstić information content (AvgIpc) is 2.83. The predicted molar refractivity (Wildman–Crippen MR) is 123 cm³/mol. The number of rotatable bonds is 7. The molecule has 0 radical (unpaired) electrons. The summed E-state index contributed by atoms with van der Waals surface area (Å²) in [7, 11) is -3.48. The Morgan fingerprint density at radius 1 is 0.943 bits per heavy atom. The van der Waals surface area contributed by atoms with E-state index in [2.05, 4.69) is 9.97 Å². The van der Waals surface area contributed by atoms with Crippen molar-refractivity contribution in [3.8, 4) is 22.8 Å². The molecule has 0 saturated carbocycles. The highest BCUT2D eigenvalue weighted by molar-refractivity contribution is 7.91. The van der Waals surface area contributed by atoms with E-state index in [1.165, 1.54) is 42.5 Å². The number of sulfone groups is 1. The van der Waals surface area contributed by atoms with Crippen LogP contribution in [-0.4, -0.2) is 24.1 Å². The highest BCUT2D eigenvalue weighted by Crippen LogP contribution is 2.37. The van der Waals surface area contributed by atoms with Crippen LogP contribution in [0.3, 0.4) is 0 Å². The van der Waals surface area contributed by atoms with E-state index in [1.54, 1.807) is 6.07 Å². The zero-order chi connectivity index (χ0) is 25.2. The topological polar surface area (TPSA) is 69.2 Å². The van der Waals surface area contributed by atoms with Gasteiger partial charge in [0, 0.05) is 10.9 Å². The van der Waals surface area contributed by atoms with Crippen molar-refractivity contribution in [2.24, 2.45) is 0 Å². The van der Waals surface area contributed by atoms with Crippen molar-refractivity contribution < 1.29 is 30.7 Å². The summed E-state index contributed by atoms with van der Waals surface area (Å²) in [4.78, 5) is 7.90. The molecule has 1 heterocycles. The maximum atomic E-state index is 14.8. The van der Waals surface area contributed by atoms with Gasteiger partial charge in [-0.2, -0.15) is 13.2 Å². The van der Waals surface area contributed by atoms with Crippen LogP contribution in [0.15, 0.2) is 71.9 Å². The van der Waals surface area contributed by atoms with Gasteiger partial charge in [0.25, 0.3) is 0 Å². The number of unbranched alkanes of at least 4 members (excludes halogenated alkanes) is 1. The molecule has 0 aliphatic rings. The van der Waals surface area contributed by atoms with Gasteiger partial charge in [-0.25, -0.2) is 22.8 Å². The summed E-state index contributed by atoms with van der Waals surface area (Å²) in [5, 5.41) is 0.0300. The van der Waals surface area contributed by atoms with Gasteiger partial charge in [-0.1, -0.05) is 31.5 Å². The Bertz CT molecular complexity index is 1490. The summed E-state index contributed by atoms with van der Waals surface area (Å²) < 4.78 is 85.8. The number of nitrogens with zero attached hydrogens (tertiary/aromatic N) is 2. The lowest BCUT2D eigenvalue weighted by Crippen LogP contribution is -2.07. The molecule has 4 aromatic rings. The van der Waals surface area contributed by atoms with Gasteiger partial charge in [-0.05, 0) is 48.9 Å². The van der Waals surface area contributed by atoms with Crippen molar-refractivity contribution in [1.29, 1.82) is 0 Å². The van der Waals surface area contributed by atoms with Gasteiger partial charge in [0.05, 0.1) is 27.4 Å². The number of hydrogen-bond donors (Lipinski definition) is 0. The van der Waals surface area contributed by atoms with Crippen LogP contribution in [-0.2, 0) is 16.0 Å². The molecule has 35 heavy (non-hydrogen) atoms. The van der Waals surface area contributed by atoms with Gasteiger partial charge in [0.2, 0.25) is 0 Å². The van der Waals surface area contributed by atoms with Crippen molar-refractivity contribution in [1.82, 2.24) is 9.97 Å². The maximum absolute atomic E-state index is 14.8. The first-order chi connectivity index (χ1) is 16.6. The molecule has 0 amide bonds. The van der Waals surface area contributed by atoms with E-state index in [-0.39, 0.29) is 44.3 Å². The summed E-state index contributed by atoms with van der Waals surface area (Å²) in [6.07, 6.45) is -2.44. The smallest absolute Gasteiger partial charge is 0.418 e. The normalized spacial score (nSPS) is 12.1. The number of aromatic nitrogens is 2. The van der Waals surface area contributed by atoms with Crippen LogP contribution in [0, 0.1) is 5.82 Å². The lowest BCUT2D eigenvalue weighted by atomic mass is 10.0. The molecular formula is C25H20F4N2O3S. The van der Waals surface area contributed by atoms with Crippen LogP contribution < -0.4 is 4.74 Å². The standard InChI is InChI=1S/C25H20F4N2O3S/c1-2-3-12-35(32,33)18-7-4-6-16(13-18)34-17-10-11-22(26)20(14-17)23-19-8-5-9-21(25(27,28)29)24(19)31-15-30-23/h4-11,13-15H,2-3,12H2,1H3. The van der Waals surface area contributed by atoms with Crippen LogP contribution in [0.25, 0.3) is 22.2 Å². The number of para-hydroxylation sites is 1. The van der Waals surface area contributed by atoms with Gasteiger partial charge in [0.15, 0.2) is 9.84 Å². The van der Waals surface area contributed by atoms with Crippen LogP contribution in [0.4, 0.5) is 17.6 Å². The first kappa shape index (κ1) is 24.6. The van der Waals surface area contributed by atoms with Crippen LogP contribution in [0.1, 0.15) is 25.3 Å². The van der Waals surface area contributed by atoms with Crippen molar-refractivity contribution in [3.05, 3.63) is 78.4 Å². The van der Waals surface area contributed by atoms with E-state index in [4.69, 9.17) is 4.74 Å². The summed E-state index contributed by atoms with van der Waals surface area (Å²) in [5.41, 5.74) is -1.41. The van der Waals surface area contributed by atoms with Crippen LogP contribution >= 0.6 is 0 Å². The molecule has 3 aromatic carbocycles. The molecule has 0 aliphatic carbocycles. The second-order valence-corrected chi connectivity index (χ2v) is 9.92. The van der Waals surface area contributed by atoms with Crippen molar-refractivity contribution in [2.75, 3.05) is 5.75 Å². The Balaban J connectivity index is 1.73. The Labute approximate surface area is 199 Å². The zero-order valence-corrected chi connectivity index (χ0v) is 19.3.